The van der Waals surface area contributed by atoms with Crippen molar-refractivity contribution in [2.24, 2.45) is 0 Å². The molecule has 1 atom stereocenters. The van der Waals surface area contributed by atoms with E-state index in [1.54, 1.807) is 13.0 Å². The summed E-state index contributed by atoms with van der Waals surface area (Å²) in [7, 11) is 0. The van der Waals surface area contributed by atoms with E-state index >= 15 is 0 Å². The van der Waals surface area contributed by atoms with Gasteiger partial charge in [-0.2, -0.15) is 0 Å². The normalized spacial score (nSPS) is 24.5. The first kappa shape index (κ1) is 14.7. The van der Waals surface area contributed by atoms with E-state index in [9.17, 15) is 12.9 Å². The summed E-state index contributed by atoms with van der Waals surface area (Å²) in [5.74, 6) is 0. The van der Waals surface area contributed by atoms with Crippen LogP contribution in [-0.4, -0.2) is 13.6 Å². The molecule has 82 valence electrons. The second-order valence-corrected chi connectivity index (χ2v) is 3.99. The smallest absolute Gasteiger partial charge is 0.445 e. The first-order valence-corrected chi connectivity index (χ1v) is 4.87. The van der Waals surface area contributed by atoms with Gasteiger partial charge in [-0.3, -0.25) is 0 Å². The van der Waals surface area contributed by atoms with Crippen LogP contribution in [0.5, 0.6) is 0 Å². The summed E-state index contributed by atoms with van der Waals surface area (Å²) in [5.41, 5.74) is -1.00. The maximum absolute atomic E-state index is 12.7. The van der Waals surface area contributed by atoms with Crippen molar-refractivity contribution in [3.63, 3.8) is 0 Å². The van der Waals surface area contributed by atoms with Gasteiger partial charge in [-0.1, -0.05) is 24.3 Å². The summed E-state index contributed by atoms with van der Waals surface area (Å²) >= 11 is 0. The van der Waals surface area contributed by atoms with E-state index in [4.69, 9.17) is 4.74 Å². The Morgan fingerprint density at radius 1 is 1.25 bits per heavy atom. The fraction of sp³-hybridized carbons (Fsp3) is 0.400. The molecule has 0 aromatic heterocycles. The summed E-state index contributed by atoms with van der Waals surface area (Å²) in [6.07, 6.45) is 0.649. The third-order valence-electron chi connectivity index (χ3n) is 2.88. The molecule has 0 spiro atoms. The van der Waals surface area contributed by atoms with Crippen LogP contribution in [0.4, 0.5) is 12.9 Å². The van der Waals surface area contributed by atoms with E-state index in [1.807, 2.05) is 0 Å². The minimum atomic E-state index is -4.96. The van der Waals surface area contributed by atoms with Gasteiger partial charge < -0.3 is 17.7 Å². The molecular formula is C10H11BF3KO. The first-order valence-electron chi connectivity index (χ1n) is 4.87. The largest absolute Gasteiger partial charge is 1.00 e. The Bertz CT molecular complexity index is 377. The summed E-state index contributed by atoms with van der Waals surface area (Å²) in [5, 5.41) is 0. The number of halogens is 3. The van der Waals surface area contributed by atoms with Gasteiger partial charge >= 0.3 is 58.4 Å². The molecule has 0 aliphatic carbocycles. The van der Waals surface area contributed by atoms with Gasteiger partial charge in [0.25, 0.3) is 0 Å². The van der Waals surface area contributed by atoms with E-state index in [0.717, 1.165) is 6.07 Å². The monoisotopic (exact) mass is 254 g/mol. The molecule has 0 saturated carbocycles. The molecule has 0 N–H and O–H groups in total. The standard InChI is InChI=1S/C10H11BF3O.K/c1-10(6-7-15-10)8-4-2-3-5-9(8)11(12,13)14;/h2-5H,6-7H2,1H3;/q-1;+1. The van der Waals surface area contributed by atoms with E-state index in [-0.39, 0.29) is 56.9 Å². The third-order valence-corrected chi connectivity index (χ3v) is 2.88. The van der Waals surface area contributed by atoms with Gasteiger partial charge in [-0.05, 0) is 12.5 Å². The molecule has 6 heteroatoms. The van der Waals surface area contributed by atoms with Crippen LogP contribution < -0.4 is 56.8 Å². The SMILES string of the molecule is CC1(c2ccccc2[B-](F)(F)F)CCO1.[K+]. The average molecular weight is 254 g/mol. The van der Waals surface area contributed by atoms with Crippen molar-refractivity contribution in [3.8, 4) is 0 Å². The number of hydrogen-bond donors (Lipinski definition) is 0. The van der Waals surface area contributed by atoms with Crippen LogP contribution in [0.1, 0.15) is 18.9 Å². The first-order chi connectivity index (χ1) is 6.93. The van der Waals surface area contributed by atoms with Crippen LogP contribution in [0, 0.1) is 0 Å². The molecule has 1 heterocycles. The molecule has 1 aliphatic heterocycles. The van der Waals surface area contributed by atoms with Crippen LogP contribution in [0.2, 0.25) is 0 Å². The van der Waals surface area contributed by atoms with Crippen LogP contribution in [0.25, 0.3) is 0 Å². The number of ether oxygens (including phenoxy) is 1. The molecule has 1 unspecified atom stereocenters. The zero-order chi connectivity index (χ0) is 11.1. The third kappa shape index (κ3) is 2.73. The van der Waals surface area contributed by atoms with Crippen molar-refractivity contribution in [2.45, 2.75) is 18.9 Å². The Kier molecular flexibility index (Phi) is 4.71. The van der Waals surface area contributed by atoms with Crippen molar-refractivity contribution in [2.75, 3.05) is 6.61 Å². The summed E-state index contributed by atoms with van der Waals surface area (Å²) < 4.78 is 43.5. The summed E-state index contributed by atoms with van der Waals surface area (Å²) in [6.45, 7) is -2.71. The van der Waals surface area contributed by atoms with E-state index < -0.39 is 18.0 Å². The second-order valence-electron chi connectivity index (χ2n) is 3.99. The minimum absolute atomic E-state index is 0. The van der Waals surface area contributed by atoms with Gasteiger partial charge in [0.2, 0.25) is 0 Å². The zero-order valence-electron chi connectivity index (χ0n) is 9.34. The van der Waals surface area contributed by atoms with Gasteiger partial charge in [0, 0.05) is 6.42 Å². The number of benzene rings is 1. The molecule has 1 aromatic rings. The van der Waals surface area contributed by atoms with Crippen molar-refractivity contribution in [3.05, 3.63) is 29.8 Å². The van der Waals surface area contributed by atoms with E-state index in [1.165, 1.54) is 12.1 Å². The molecule has 1 aromatic carbocycles. The summed E-state index contributed by atoms with van der Waals surface area (Å²) in [6, 6.07) is 5.66. The minimum Gasteiger partial charge on any atom is -0.445 e. The van der Waals surface area contributed by atoms with Gasteiger partial charge in [-0.25, -0.2) is 0 Å². The Balaban J connectivity index is 0.00000128. The summed E-state index contributed by atoms with van der Waals surface area (Å²) in [4.78, 5) is 0. The van der Waals surface area contributed by atoms with E-state index in [0.29, 0.717) is 13.0 Å². The number of rotatable bonds is 2. The van der Waals surface area contributed by atoms with Crippen molar-refractivity contribution >= 4 is 12.4 Å². The quantitative estimate of drug-likeness (QED) is 0.639. The maximum atomic E-state index is 12.7. The Labute approximate surface area is 135 Å². The van der Waals surface area contributed by atoms with Crippen LogP contribution in [-0.2, 0) is 10.3 Å². The van der Waals surface area contributed by atoms with Gasteiger partial charge in [0.05, 0.1) is 12.2 Å². The van der Waals surface area contributed by atoms with Crippen molar-refractivity contribution in [1.82, 2.24) is 0 Å². The van der Waals surface area contributed by atoms with Crippen LogP contribution in [0.15, 0.2) is 24.3 Å². The predicted molar refractivity (Wildman–Crippen MR) is 53.1 cm³/mol. The van der Waals surface area contributed by atoms with Crippen LogP contribution in [0.3, 0.4) is 0 Å². The molecular weight excluding hydrogens is 243 g/mol. The Morgan fingerprint density at radius 3 is 2.25 bits per heavy atom. The van der Waals surface area contributed by atoms with Gasteiger partial charge in [0.15, 0.2) is 0 Å². The van der Waals surface area contributed by atoms with Gasteiger partial charge in [-0.15, -0.1) is 5.46 Å². The second kappa shape index (κ2) is 5.12. The van der Waals surface area contributed by atoms with Crippen molar-refractivity contribution < 1.29 is 69.1 Å². The maximum Gasteiger partial charge on any atom is 1.00 e. The molecule has 1 saturated heterocycles. The fourth-order valence-electron chi connectivity index (χ4n) is 1.88. The molecule has 16 heavy (non-hydrogen) atoms. The molecule has 0 amide bonds. The zero-order valence-corrected chi connectivity index (χ0v) is 12.5. The topological polar surface area (TPSA) is 9.23 Å². The molecule has 0 bridgehead atoms. The fourth-order valence-corrected chi connectivity index (χ4v) is 1.88. The molecule has 0 radical (unpaired) electrons. The molecule has 1 nitrogen and oxygen atoms in total. The van der Waals surface area contributed by atoms with E-state index in [2.05, 4.69) is 0 Å². The molecule has 2 rings (SSSR count). The Morgan fingerprint density at radius 2 is 1.81 bits per heavy atom. The molecule has 1 fully saturated rings. The number of hydrogen-bond acceptors (Lipinski definition) is 1. The van der Waals surface area contributed by atoms with Gasteiger partial charge in [0.1, 0.15) is 0 Å². The van der Waals surface area contributed by atoms with Crippen LogP contribution >= 0.6 is 0 Å². The molecule has 1 aliphatic rings. The predicted octanol–water partition coefficient (Wildman–Crippen LogP) is -0.620. The average Bonchev–Trinajstić information content (AvgIpc) is 2.13. The van der Waals surface area contributed by atoms with Crippen molar-refractivity contribution in [1.29, 1.82) is 0 Å². The Hall–Kier alpha value is 0.671.